The van der Waals surface area contributed by atoms with E-state index in [0.717, 1.165) is 22.4 Å². The number of hydrogen-bond donors (Lipinski definition) is 3. The van der Waals surface area contributed by atoms with E-state index < -0.39 is 0 Å². The third-order valence-electron chi connectivity index (χ3n) is 5.24. The van der Waals surface area contributed by atoms with Crippen LogP contribution in [0.4, 0.5) is 0 Å². The highest BCUT2D eigenvalue weighted by Crippen LogP contribution is 2.30. The first-order valence-electron chi connectivity index (χ1n) is 9.75. The molecule has 0 saturated carbocycles. The van der Waals surface area contributed by atoms with Crippen LogP contribution in [0.1, 0.15) is 35.2 Å². The predicted molar refractivity (Wildman–Crippen MR) is 116 cm³/mol. The molecule has 0 aliphatic carbocycles. The van der Waals surface area contributed by atoms with E-state index in [2.05, 4.69) is 21.2 Å². The molecular weight excluding hydrogens is 400 g/mol. The van der Waals surface area contributed by atoms with Gasteiger partial charge in [-0.25, -0.2) is 10.9 Å². The number of hydrazine groups is 1. The minimum Gasteiger partial charge on any atom is -0.496 e. The van der Waals surface area contributed by atoms with Crippen LogP contribution in [-0.4, -0.2) is 24.0 Å². The number of nitrogens with one attached hydrogen (secondary N) is 3. The molecule has 1 aliphatic rings. The van der Waals surface area contributed by atoms with Crippen molar-refractivity contribution in [3.05, 3.63) is 94.8 Å². The van der Waals surface area contributed by atoms with Crippen LogP contribution in [0.3, 0.4) is 0 Å². The van der Waals surface area contributed by atoms with Gasteiger partial charge in [-0.2, -0.15) is 0 Å². The molecule has 1 aromatic heterocycles. The zero-order valence-electron chi connectivity index (χ0n) is 16.5. The zero-order valence-corrected chi connectivity index (χ0v) is 17.3. The molecule has 2 heterocycles. The van der Waals surface area contributed by atoms with Gasteiger partial charge in [0.05, 0.1) is 19.2 Å². The third-order valence-corrected chi connectivity index (χ3v) is 5.49. The van der Waals surface area contributed by atoms with Gasteiger partial charge in [-0.1, -0.05) is 48.0 Å². The van der Waals surface area contributed by atoms with Gasteiger partial charge in [0.2, 0.25) is 5.91 Å². The number of pyridine rings is 1. The summed E-state index contributed by atoms with van der Waals surface area (Å²) in [6, 6.07) is 18.4. The number of methoxy groups -OCH3 is 1. The second kappa shape index (κ2) is 9.26. The smallest absolute Gasteiger partial charge is 0.239 e. The number of para-hydroxylation sites is 1. The van der Waals surface area contributed by atoms with Crippen LogP contribution in [0.15, 0.2) is 73.1 Å². The van der Waals surface area contributed by atoms with Gasteiger partial charge in [0.15, 0.2) is 0 Å². The Morgan fingerprint density at radius 3 is 2.63 bits per heavy atom. The summed E-state index contributed by atoms with van der Waals surface area (Å²) in [6.45, 7) is 0. The normalized spacial score (nSPS) is 19.3. The van der Waals surface area contributed by atoms with Gasteiger partial charge < -0.3 is 10.1 Å². The molecule has 0 radical (unpaired) electrons. The zero-order chi connectivity index (χ0) is 20.9. The number of aromatic nitrogens is 1. The summed E-state index contributed by atoms with van der Waals surface area (Å²) in [5, 5.41) is 3.81. The number of halogens is 1. The number of nitrogens with zero attached hydrogens (tertiary/aromatic N) is 1. The lowest BCUT2D eigenvalue weighted by atomic mass is 9.98. The van der Waals surface area contributed by atoms with Crippen molar-refractivity contribution in [1.29, 1.82) is 0 Å². The molecule has 0 spiro atoms. The molecule has 4 rings (SSSR count). The highest BCUT2D eigenvalue weighted by molar-refractivity contribution is 6.30. The Hall–Kier alpha value is -2.93. The summed E-state index contributed by atoms with van der Waals surface area (Å²) in [5.41, 5.74) is 9.20. The SMILES string of the molecule is COc1ccccc1C1CC(C(=O)NC(c2ccc(Cl)cc2)c2cccnc2)NN1. The summed E-state index contributed by atoms with van der Waals surface area (Å²) in [5.74, 6) is 0.705. The Bertz CT molecular complexity index is 998. The number of benzene rings is 2. The van der Waals surface area contributed by atoms with Gasteiger partial charge in [0.25, 0.3) is 0 Å². The Kier molecular flexibility index (Phi) is 6.28. The van der Waals surface area contributed by atoms with Crippen molar-refractivity contribution >= 4 is 17.5 Å². The van der Waals surface area contributed by atoms with Crippen molar-refractivity contribution in [2.45, 2.75) is 24.5 Å². The quantitative estimate of drug-likeness (QED) is 0.566. The van der Waals surface area contributed by atoms with Crippen LogP contribution in [0.5, 0.6) is 5.75 Å². The first-order valence-corrected chi connectivity index (χ1v) is 10.1. The Morgan fingerprint density at radius 2 is 1.90 bits per heavy atom. The van der Waals surface area contributed by atoms with Gasteiger partial charge in [-0.3, -0.25) is 9.78 Å². The van der Waals surface area contributed by atoms with Gasteiger partial charge >= 0.3 is 0 Å². The molecular formula is C23H23ClN4O2. The summed E-state index contributed by atoms with van der Waals surface area (Å²) in [4.78, 5) is 17.3. The van der Waals surface area contributed by atoms with Crippen LogP contribution in [-0.2, 0) is 4.79 Å². The Morgan fingerprint density at radius 1 is 1.10 bits per heavy atom. The highest BCUT2D eigenvalue weighted by Gasteiger charge is 2.32. The minimum absolute atomic E-state index is 0.0238. The lowest BCUT2D eigenvalue weighted by Crippen LogP contribution is -2.44. The number of ether oxygens (including phenoxy) is 1. The molecule has 1 fully saturated rings. The summed E-state index contributed by atoms with van der Waals surface area (Å²) >= 11 is 6.04. The fourth-order valence-corrected chi connectivity index (χ4v) is 3.82. The molecule has 3 N–H and O–H groups in total. The average molecular weight is 423 g/mol. The molecule has 3 unspecified atom stereocenters. The molecule has 3 aromatic rings. The number of rotatable bonds is 6. The number of carbonyl (C=O) groups excluding carboxylic acids is 1. The van der Waals surface area contributed by atoms with Gasteiger partial charge in [0, 0.05) is 23.0 Å². The van der Waals surface area contributed by atoms with Crippen molar-refractivity contribution < 1.29 is 9.53 Å². The average Bonchev–Trinajstić information content (AvgIpc) is 3.29. The van der Waals surface area contributed by atoms with Gasteiger partial charge in [0.1, 0.15) is 11.8 Å². The van der Waals surface area contributed by atoms with Crippen molar-refractivity contribution in [3.63, 3.8) is 0 Å². The fourth-order valence-electron chi connectivity index (χ4n) is 3.69. The maximum atomic E-state index is 13.1. The Balaban J connectivity index is 1.51. The lowest BCUT2D eigenvalue weighted by Gasteiger charge is -2.21. The van der Waals surface area contributed by atoms with E-state index in [1.807, 2.05) is 60.7 Å². The third kappa shape index (κ3) is 4.46. The van der Waals surface area contributed by atoms with E-state index in [0.29, 0.717) is 11.4 Å². The first-order chi connectivity index (χ1) is 14.7. The number of carbonyl (C=O) groups is 1. The lowest BCUT2D eigenvalue weighted by molar-refractivity contribution is -0.123. The Labute approximate surface area is 180 Å². The van der Waals surface area contributed by atoms with Gasteiger partial charge in [-0.05, 0) is 41.8 Å². The van der Waals surface area contributed by atoms with E-state index in [1.165, 1.54) is 0 Å². The topological polar surface area (TPSA) is 75.3 Å². The minimum atomic E-state index is -0.383. The number of amides is 1. The molecule has 3 atom stereocenters. The largest absolute Gasteiger partial charge is 0.496 e. The monoisotopic (exact) mass is 422 g/mol. The van der Waals surface area contributed by atoms with E-state index in [-0.39, 0.29) is 24.0 Å². The summed E-state index contributed by atoms with van der Waals surface area (Å²) < 4.78 is 5.46. The van der Waals surface area contributed by atoms with E-state index in [4.69, 9.17) is 16.3 Å². The van der Waals surface area contributed by atoms with Crippen molar-refractivity contribution in [3.8, 4) is 5.75 Å². The van der Waals surface area contributed by atoms with E-state index >= 15 is 0 Å². The second-order valence-electron chi connectivity index (χ2n) is 7.15. The van der Waals surface area contributed by atoms with Crippen LogP contribution in [0.2, 0.25) is 5.02 Å². The summed E-state index contributed by atoms with van der Waals surface area (Å²) in [7, 11) is 1.65. The maximum absolute atomic E-state index is 13.1. The van der Waals surface area contributed by atoms with Crippen molar-refractivity contribution in [2.75, 3.05) is 7.11 Å². The molecule has 6 nitrogen and oxygen atoms in total. The van der Waals surface area contributed by atoms with Crippen LogP contribution in [0.25, 0.3) is 0 Å². The molecule has 2 aromatic carbocycles. The number of hydrogen-bond acceptors (Lipinski definition) is 5. The molecule has 1 saturated heterocycles. The molecule has 0 bridgehead atoms. The predicted octanol–water partition coefficient (Wildman–Crippen LogP) is 3.56. The van der Waals surface area contributed by atoms with Gasteiger partial charge in [-0.15, -0.1) is 0 Å². The molecule has 7 heteroatoms. The fraction of sp³-hybridized carbons (Fsp3) is 0.217. The standard InChI is InChI=1S/C23H23ClN4O2/c1-30-21-7-3-2-6-18(21)19-13-20(28-27-19)23(29)26-22(16-5-4-12-25-14-16)15-8-10-17(24)11-9-15/h2-12,14,19-20,22,27-28H,13H2,1H3,(H,26,29). The maximum Gasteiger partial charge on any atom is 0.239 e. The van der Waals surface area contributed by atoms with Crippen molar-refractivity contribution in [2.24, 2.45) is 0 Å². The molecule has 1 amide bonds. The second-order valence-corrected chi connectivity index (χ2v) is 7.59. The van der Waals surface area contributed by atoms with Crippen LogP contribution < -0.4 is 20.9 Å². The van der Waals surface area contributed by atoms with Crippen molar-refractivity contribution in [1.82, 2.24) is 21.2 Å². The molecule has 30 heavy (non-hydrogen) atoms. The molecule has 1 aliphatic heterocycles. The van der Waals surface area contributed by atoms with Crippen LogP contribution >= 0.6 is 11.6 Å². The summed E-state index contributed by atoms with van der Waals surface area (Å²) in [6.07, 6.45) is 4.08. The van der Waals surface area contributed by atoms with Crippen LogP contribution in [0, 0.1) is 0 Å². The molecule has 154 valence electrons. The van der Waals surface area contributed by atoms with E-state index in [9.17, 15) is 4.79 Å². The highest BCUT2D eigenvalue weighted by atomic mass is 35.5. The first kappa shape index (κ1) is 20.3. The van der Waals surface area contributed by atoms with E-state index in [1.54, 1.807) is 19.5 Å².